The third-order valence-corrected chi connectivity index (χ3v) is 3.84. The fourth-order valence-electron chi connectivity index (χ4n) is 2.69. The van der Waals surface area contributed by atoms with Gasteiger partial charge in [0.2, 0.25) is 0 Å². The van der Waals surface area contributed by atoms with Gasteiger partial charge in [-0.3, -0.25) is 9.98 Å². The Balaban J connectivity index is 2.17. The highest BCUT2D eigenvalue weighted by atomic mass is 14.7. The van der Waals surface area contributed by atoms with E-state index in [9.17, 15) is 0 Å². The summed E-state index contributed by atoms with van der Waals surface area (Å²) in [5, 5.41) is 0. The molecule has 3 aromatic rings. The molecule has 0 saturated heterocycles. The van der Waals surface area contributed by atoms with Crippen LogP contribution in [0.15, 0.2) is 77.9 Å². The van der Waals surface area contributed by atoms with Gasteiger partial charge in [-0.15, -0.1) is 0 Å². The van der Waals surface area contributed by atoms with E-state index in [1.165, 1.54) is 11.1 Å². The summed E-state index contributed by atoms with van der Waals surface area (Å²) in [4.78, 5) is 9.22. The summed E-state index contributed by atoms with van der Waals surface area (Å²) in [6.45, 7) is 4.88. The Morgan fingerprint density at radius 1 is 0.913 bits per heavy atom. The van der Waals surface area contributed by atoms with Crippen LogP contribution in [0, 0.1) is 0 Å². The highest BCUT2D eigenvalue weighted by Crippen LogP contribution is 2.28. The molecular formula is C21H20N2. The largest absolute Gasteiger partial charge is 0.290 e. The van der Waals surface area contributed by atoms with Crippen molar-refractivity contribution in [1.82, 2.24) is 4.98 Å². The lowest BCUT2D eigenvalue weighted by Gasteiger charge is -2.12. The fourth-order valence-corrected chi connectivity index (χ4v) is 2.69. The smallest absolute Gasteiger partial charge is 0.0708 e. The molecular weight excluding hydrogens is 280 g/mol. The van der Waals surface area contributed by atoms with Crippen LogP contribution in [0.3, 0.4) is 0 Å². The van der Waals surface area contributed by atoms with Crippen molar-refractivity contribution in [2.45, 2.75) is 13.8 Å². The average Bonchev–Trinajstić information content (AvgIpc) is 2.63. The maximum Gasteiger partial charge on any atom is 0.0708 e. The summed E-state index contributed by atoms with van der Waals surface area (Å²) in [5.41, 5.74) is 6.59. The highest BCUT2D eigenvalue weighted by molar-refractivity contribution is 6.04. The van der Waals surface area contributed by atoms with Crippen LogP contribution in [0.25, 0.3) is 22.4 Å². The van der Waals surface area contributed by atoms with Crippen LogP contribution in [0.5, 0.6) is 0 Å². The van der Waals surface area contributed by atoms with Gasteiger partial charge < -0.3 is 0 Å². The second kappa shape index (κ2) is 7.01. The minimum Gasteiger partial charge on any atom is -0.290 e. The zero-order chi connectivity index (χ0) is 16.1. The highest BCUT2D eigenvalue weighted by Gasteiger charge is 2.11. The molecule has 0 atom stereocenters. The summed E-state index contributed by atoms with van der Waals surface area (Å²) in [5.74, 6) is 0. The second-order valence-corrected chi connectivity index (χ2v) is 5.41. The number of hydrogen-bond acceptors (Lipinski definition) is 2. The fraction of sp³-hybridized carbons (Fsp3) is 0.143. The van der Waals surface area contributed by atoms with E-state index in [0.717, 1.165) is 29.1 Å². The van der Waals surface area contributed by atoms with Crippen molar-refractivity contribution in [1.29, 1.82) is 0 Å². The number of nitrogens with zero attached hydrogens (tertiary/aromatic N) is 2. The molecule has 1 aromatic heterocycles. The second-order valence-electron chi connectivity index (χ2n) is 5.41. The lowest BCUT2D eigenvalue weighted by atomic mass is 9.96. The summed E-state index contributed by atoms with van der Waals surface area (Å²) in [6.07, 6.45) is 1.94. The van der Waals surface area contributed by atoms with Gasteiger partial charge in [-0.1, -0.05) is 60.7 Å². The first-order chi connectivity index (χ1) is 11.3. The molecule has 0 spiro atoms. The Labute approximate surface area is 137 Å². The molecule has 0 amide bonds. The predicted octanol–water partition coefficient (Wildman–Crippen LogP) is 5.24. The van der Waals surface area contributed by atoms with Gasteiger partial charge in [-0.25, -0.2) is 0 Å². The van der Waals surface area contributed by atoms with Crippen molar-refractivity contribution in [2.75, 3.05) is 6.54 Å². The average molecular weight is 300 g/mol. The molecule has 0 unspecified atom stereocenters. The van der Waals surface area contributed by atoms with Crippen LogP contribution in [0.4, 0.5) is 0 Å². The van der Waals surface area contributed by atoms with Crippen molar-refractivity contribution in [3.8, 4) is 22.4 Å². The van der Waals surface area contributed by atoms with Crippen molar-refractivity contribution < 1.29 is 0 Å². The third-order valence-electron chi connectivity index (χ3n) is 3.84. The van der Waals surface area contributed by atoms with Crippen LogP contribution < -0.4 is 0 Å². The maximum atomic E-state index is 4.66. The molecule has 2 nitrogen and oxygen atoms in total. The normalized spacial score (nSPS) is 11.5. The number of benzene rings is 2. The van der Waals surface area contributed by atoms with Gasteiger partial charge in [0.15, 0.2) is 0 Å². The topological polar surface area (TPSA) is 25.2 Å². The number of rotatable bonds is 4. The minimum absolute atomic E-state index is 0.778. The lowest BCUT2D eigenvalue weighted by molar-refractivity contribution is 1.12. The molecule has 0 fully saturated rings. The number of hydrogen-bond donors (Lipinski definition) is 0. The predicted molar refractivity (Wildman–Crippen MR) is 97.9 cm³/mol. The first-order valence-electron chi connectivity index (χ1n) is 7.92. The molecule has 23 heavy (non-hydrogen) atoms. The molecule has 2 heteroatoms. The van der Waals surface area contributed by atoms with Crippen molar-refractivity contribution in [3.63, 3.8) is 0 Å². The Morgan fingerprint density at radius 3 is 2.13 bits per heavy atom. The van der Waals surface area contributed by atoms with E-state index >= 15 is 0 Å². The Morgan fingerprint density at radius 2 is 1.52 bits per heavy atom. The molecule has 0 radical (unpaired) electrons. The minimum atomic E-state index is 0.778. The van der Waals surface area contributed by atoms with Crippen molar-refractivity contribution in [3.05, 3.63) is 78.5 Å². The van der Waals surface area contributed by atoms with Gasteiger partial charge in [-0.2, -0.15) is 0 Å². The van der Waals surface area contributed by atoms with E-state index in [1.807, 2.05) is 30.5 Å². The van der Waals surface area contributed by atoms with Gasteiger partial charge in [0.05, 0.1) is 5.69 Å². The zero-order valence-electron chi connectivity index (χ0n) is 13.5. The number of aromatic nitrogens is 1. The monoisotopic (exact) mass is 300 g/mol. The van der Waals surface area contributed by atoms with Crippen LogP contribution in [0.2, 0.25) is 0 Å². The third kappa shape index (κ3) is 3.37. The lowest BCUT2D eigenvalue weighted by Crippen LogP contribution is -2.01. The van der Waals surface area contributed by atoms with Crippen LogP contribution >= 0.6 is 0 Å². The van der Waals surface area contributed by atoms with E-state index in [-0.39, 0.29) is 0 Å². The van der Waals surface area contributed by atoms with E-state index in [0.29, 0.717) is 0 Å². The number of pyridine rings is 1. The first kappa shape index (κ1) is 15.2. The van der Waals surface area contributed by atoms with Crippen LogP contribution in [-0.4, -0.2) is 17.2 Å². The maximum absolute atomic E-state index is 4.66. The Hall–Kier alpha value is -2.74. The molecule has 3 rings (SSSR count). The zero-order valence-corrected chi connectivity index (χ0v) is 13.5. The van der Waals surface area contributed by atoms with E-state index < -0.39 is 0 Å². The summed E-state index contributed by atoms with van der Waals surface area (Å²) < 4.78 is 0. The summed E-state index contributed by atoms with van der Waals surface area (Å²) >= 11 is 0. The molecule has 0 aliphatic carbocycles. The number of aliphatic imine (C=N–C) groups is 1. The molecule has 0 saturated carbocycles. The molecule has 2 aromatic carbocycles. The Bertz CT molecular complexity index is 806. The van der Waals surface area contributed by atoms with Gasteiger partial charge >= 0.3 is 0 Å². The molecule has 114 valence electrons. The molecule has 1 heterocycles. The van der Waals surface area contributed by atoms with Gasteiger partial charge in [0.1, 0.15) is 0 Å². The van der Waals surface area contributed by atoms with E-state index in [2.05, 4.69) is 66.3 Å². The molecule has 0 aliphatic rings. The molecule has 0 aliphatic heterocycles. The van der Waals surface area contributed by atoms with Gasteiger partial charge in [-0.05, 0) is 31.0 Å². The van der Waals surface area contributed by atoms with Crippen molar-refractivity contribution >= 4 is 5.71 Å². The van der Waals surface area contributed by atoms with Crippen LogP contribution in [0.1, 0.15) is 19.4 Å². The van der Waals surface area contributed by atoms with Crippen LogP contribution in [-0.2, 0) is 0 Å². The molecule has 0 bridgehead atoms. The summed E-state index contributed by atoms with van der Waals surface area (Å²) in [6, 6.07) is 22.9. The van der Waals surface area contributed by atoms with Gasteiger partial charge in [0.25, 0.3) is 0 Å². The summed E-state index contributed by atoms with van der Waals surface area (Å²) in [7, 11) is 0. The van der Waals surface area contributed by atoms with E-state index in [1.54, 1.807) is 0 Å². The first-order valence-corrected chi connectivity index (χ1v) is 7.92. The molecule has 0 N–H and O–H groups in total. The standard InChI is InChI=1S/C21H20N2/c1-3-22-16(2)20-15-23-21(18-12-8-5-9-13-18)14-19(20)17-10-6-4-7-11-17/h4-15H,3H2,1-2H3. The SMILES string of the molecule is CCN=C(C)c1cnc(-c2ccccc2)cc1-c1ccccc1. The van der Waals surface area contributed by atoms with E-state index in [4.69, 9.17) is 0 Å². The van der Waals surface area contributed by atoms with Crippen molar-refractivity contribution in [2.24, 2.45) is 4.99 Å². The Kier molecular flexibility index (Phi) is 4.62. The van der Waals surface area contributed by atoms with Gasteiger partial charge in [0, 0.05) is 29.6 Å². The quantitative estimate of drug-likeness (QED) is 0.604.